The van der Waals surface area contributed by atoms with Crippen LogP contribution in [0.4, 0.5) is 11.4 Å². The molecule has 3 aromatic carbocycles. The minimum absolute atomic E-state index is 0.0157. The Morgan fingerprint density at radius 1 is 1.00 bits per heavy atom. The number of anilines is 2. The zero-order valence-electron chi connectivity index (χ0n) is 20.2. The summed E-state index contributed by atoms with van der Waals surface area (Å²) in [5.41, 5.74) is 3.10. The second-order valence-electron chi connectivity index (χ2n) is 8.52. The van der Waals surface area contributed by atoms with E-state index in [0.29, 0.717) is 34.8 Å². The van der Waals surface area contributed by atoms with Crippen molar-refractivity contribution in [3.8, 4) is 0 Å². The number of nitrogens with zero attached hydrogens (tertiary/aromatic N) is 1. The Balaban J connectivity index is 1.65. The van der Waals surface area contributed by atoms with E-state index in [9.17, 15) is 23.1 Å². The van der Waals surface area contributed by atoms with Crippen LogP contribution in [0, 0.1) is 0 Å². The van der Waals surface area contributed by atoms with E-state index in [1.807, 2.05) is 49.3 Å². The maximum atomic E-state index is 13.0. The topological polar surface area (TPSA) is 137 Å². The second kappa shape index (κ2) is 10.9. The van der Waals surface area contributed by atoms with Crippen LogP contribution < -0.4 is 15.5 Å². The number of amides is 1. The molecule has 0 saturated carbocycles. The van der Waals surface area contributed by atoms with Gasteiger partial charge in [-0.25, -0.2) is 13.2 Å². The number of carbonyl (C=O) groups is 2. The van der Waals surface area contributed by atoms with E-state index >= 15 is 0 Å². The van der Waals surface area contributed by atoms with E-state index < -0.39 is 16.0 Å². The minimum Gasteiger partial charge on any atom is -0.478 e. The average Bonchev–Trinajstić information content (AvgIpc) is 3.20. The number of sulfonamides is 1. The van der Waals surface area contributed by atoms with E-state index in [2.05, 4.69) is 15.5 Å². The van der Waals surface area contributed by atoms with Crippen LogP contribution >= 0.6 is 0 Å². The van der Waals surface area contributed by atoms with Gasteiger partial charge in [-0.2, -0.15) is 0 Å². The smallest absolute Gasteiger partial charge is 0.335 e. The van der Waals surface area contributed by atoms with E-state index in [4.69, 9.17) is 4.84 Å². The predicted molar refractivity (Wildman–Crippen MR) is 140 cm³/mol. The molecule has 1 aliphatic rings. The molecule has 3 aromatic rings. The maximum absolute atomic E-state index is 13.0. The molecule has 0 fully saturated rings. The fourth-order valence-electron chi connectivity index (χ4n) is 3.70. The van der Waals surface area contributed by atoms with Crippen LogP contribution in [0.5, 0.6) is 0 Å². The van der Waals surface area contributed by atoms with Gasteiger partial charge in [0.1, 0.15) is 0 Å². The fraction of sp³-hybridized carbons (Fsp3) is 0.154. The molecule has 10 nitrogen and oxygen atoms in total. The fourth-order valence-corrected chi connectivity index (χ4v) is 4.52. The van der Waals surface area contributed by atoms with Gasteiger partial charge in [0, 0.05) is 17.8 Å². The third-order valence-corrected chi connectivity index (χ3v) is 6.80. The highest BCUT2D eigenvalue weighted by atomic mass is 32.2. The molecule has 1 heterocycles. The Morgan fingerprint density at radius 2 is 1.70 bits per heavy atom. The molecule has 0 radical (unpaired) electrons. The van der Waals surface area contributed by atoms with Gasteiger partial charge in [-0.3, -0.25) is 9.63 Å². The summed E-state index contributed by atoms with van der Waals surface area (Å²) in [5, 5.41) is 15.3. The van der Waals surface area contributed by atoms with E-state index in [0.717, 1.165) is 5.56 Å². The number of rotatable bonds is 10. The van der Waals surface area contributed by atoms with Gasteiger partial charge in [0.15, 0.2) is 0 Å². The quantitative estimate of drug-likeness (QED) is 0.181. The van der Waals surface area contributed by atoms with Crippen molar-refractivity contribution < 1.29 is 28.0 Å². The van der Waals surface area contributed by atoms with Crippen LogP contribution in [0.3, 0.4) is 0 Å². The molecule has 0 bridgehead atoms. The first-order valence-corrected chi connectivity index (χ1v) is 12.8. The third-order valence-electron chi connectivity index (χ3n) is 5.57. The molecular formula is C26H26N4O6S. The number of benzene rings is 3. The molecule has 4 rings (SSSR count). The average molecular weight is 523 g/mol. The SMILES string of the molecule is CN(C)CCONS(=O)(=O)c1ccc(NC(=C2C(=O)Nc3cc(C(=O)O)ccc32)c2ccccc2)cc1. The number of carboxylic acids is 1. The van der Waals surface area contributed by atoms with Gasteiger partial charge in [-0.15, -0.1) is 0 Å². The van der Waals surface area contributed by atoms with Crippen molar-refractivity contribution in [2.24, 2.45) is 0 Å². The molecule has 0 unspecified atom stereocenters. The Morgan fingerprint density at radius 3 is 2.35 bits per heavy atom. The summed E-state index contributed by atoms with van der Waals surface area (Å²) in [5.74, 6) is -1.48. The van der Waals surface area contributed by atoms with Gasteiger partial charge in [-0.05, 0) is 56.1 Å². The lowest BCUT2D eigenvalue weighted by Crippen LogP contribution is -2.28. The molecule has 37 heavy (non-hydrogen) atoms. The van der Waals surface area contributed by atoms with Gasteiger partial charge >= 0.3 is 5.97 Å². The third kappa shape index (κ3) is 6.04. The van der Waals surface area contributed by atoms with Gasteiger partial charge in [0.05, 0.1) is 34.0 Å². The highest BCUT2D eigenvalue weighted by molar-refractivity contribution is 7.89. The van der Waals surface area contributed by atoms with Crippen molar-refractivity contribution in [1.82, 2.24) is 9.79 Å². The molecule has 192 valence electrons. The van der Waals surface area contributed by atoms with Crippen molar-refractivity contribution in [2.75, 3.05) is 37.9 Å². The summed E-state index contributed by atoms with van der Waals surface area (Å²) >= 11 is 0. The van der Waals surface area contributed by atoms with Crippen LogP contribution in [-0.4, -0.2) is 57.5 Å². The molecule has 1 amide bonds. The number of likely N-dealkylation sites (N-methyl/N-ethyl adjacent to an activating group) is 1. The number of nitrogens with one attached hydrogen (secondary N) is 3. The predicted octanol–water partition coefficient (Wildman–Crippen LogP) is 3.09. The zero-order chi connectivity index (χ0) is 26.6. The van der Waals surface area contributed by atoms with Crippen LogP contribution in [0.15, 0.2) is 77.7 Å². The van der Waals surface area contributed by atoms with Crippen LogP contribution in [-0.2, 0) is 19.7 Å². The summed E-state index contributed by atoms with van der Waals surface area (Å²) in [6.45, 7) is 0.744. The monoisotopic (exact) mass is 522 g/mol. The summed E-state index contributed by atoms with van der Waals surface area (Å²) in [6, 6.07) is 19.6. The van der Waals surface area contributed by atoms with Crippen molar-refractivity contribution in [2.45, 2.75) is 4.90 Å². The molecule has 11 heteroatoms. The molecule has 0 aliphatic carbocycles. The van der Waals surface area contributed by atoms with E-state index in [1.165, 1.54) is 24.3 Å². The molecule has 0 spiro atoms. The first-order chi connectivity index (χ1) is 17.7. The lowest BCUT2D eigenvalue weighted by Gasteiger charge is -2.15. The highest BCUT2D eigenvalue weighted by Crippen LogP contribution is 2.38. The van der Waals surface area contributed by atoms with Gasteiger partial charge < -0.3 is 20.6 Å². The van der Waals surface area contributed by atoms with Crippen molar-refractivity contribution in [3.05, 3.63) is 89.5 Å². The minimum atomic E-state index is -3.87. The maximum Gasteiger partial charge on any atom is 0.335 e. The largest absolute Gasteiger partial charge is 0.478 e. The second-order valence-corrected chi connectivity index (χ2v) is 10.2. The van der Waals surface area contributed by atoms with Gasteiger partial charge in [0.2, 0.25) is 0 Å². The summed E-state index contributed by atoms with van der Waals surface area (Å²) in [4.78, 5) is 33.4. The normalized spacial score (nSPS) is 14.3. The molecule has 0 aromatic heterocycles. The van der Waals surface area contributed by atoms with Crippen molar-refractivity contribution in [3.63, 3.8) is 0 Å². The first-order valence-electron chi connectivity index (χ1n) is 11.3. The Labute approximate surface area is 214 Å². The van der Waals surface area contributed by atoms with Crippen LogP contribution in [0.25, 0.3) is 11.3 Å². The Hall–Kier alpha value is -4.03. The Bertz CT molecular complexity index is 1450. The number of carboxylic acid groups (broad SMARTS) is 1. The lowest BCUT2D eigenvalue weighted by molar-refractivity contribution is -0.110. The zero-order valence-corrected chi connectivity index (χ0v) is 21.0. The lowest BCUT2D eigenvalue weighted by atomic mass is 9.99. The number of hydrogen-bond acceptors (Lipinski definition) is 7. The number of hydrogen-bond donors (Lipinski definition) is 4. The summed E-state index contributed by atoms with van der Waals surface area (Å²) in [7, 11) is -0.172. The molecule has 1 aliphatic heterocycles. The van der Waals surface area contributed by atoms with Gasteiger partial charge in [-0.1, -0.05) is 41.3 Å². The summed E-state index contributed by atoms with van der Waals surface area (Å²) in [6.07, 6.45) is 0. The van der Waals surface area contributed by atoms with E-state index in [1.54, 1.807) is 18.2 Å². The summed E-state index contributed by atoms with van der Waals surface area (Å²) < 4.78 is 25.0. The standard InChI is InChI=1S/C26H26N4O6S/c1-30(2)14-15-36-29-37(34,35)20-11-9-19(10-12-20)27-24(17-6-4-3-5-7-17)23-21-13-8-18(26(32)33)16-22(21)28-25(23)31/h3-13,16,27,29H,14-15H2,1-2H3,(H,28,31)(H,32,33). The molecule has 0 saturated heterocycles. The van der Waals surface area contributed by atoms with Gasteiger partial charge in [0.25, 0.3) is 15.9 Å². The Kier molecular flexibility index (Phi) is 7.69. The first kappa shape index (κ1) is 26.0. The van der Waals surface area contributed by atoms with Crippen molar-refractivity contribution in [1.29, 1.82) is 0 Å². The van der Waals surface area contributed by atoms with Crippen molar-refractivity contribution >= 4 is 44.5 Å². The highest BCUT2D eigenvalue weighted by Gasteiger charge is 2.29. The molecule has 4 N–H and O–H groups in total. The van der Waals surface area contributed by atoms with Crippen LogP contribution in [0.2, 0.25) is 0 Å². The van der Waals surface area contributed by atoms with E-state index in [-0.39, 0.29) is 23.0 Å². The number of fused-ring (bicyclic) bond motifs is 1. The number of aromatic carboxylic acids is 1. The molecule has 0 atom stereocenters. The van der Waals surface area contributed by atoms with Crippen LogP contribution in [0.1, 0.15) is 21.5 Å². The number of carbonyl (C=O) groups excluding carboxylic acids is 1. The molecular weight excluding hydrogens is 496 g/mol.